The van der Waals surface area contributed by atoms with Crippen LogP contribution in [0.3, 0.4) is 0 Å². The van der Waals surface area contributed by atoms with Gasteiger partial charge in [-0.15, -0.1) is 0 Å². The first-order valence-corrected chi connectivity index (χ1v) is 16.0. The van der Waals surface area contributed by atoms with E-state index in [1.165, 1.54) is 4.90 Å². The standard InChI is InChI=1S/C29H33Br2N3O4S/c1-21(2)18-32-29(36)27(16-22-9-5-4-6-10-22)33(19-23-11-7-12-24(30)15-23)28(35)20-34(39(3,37)38)26-14-8-13-25(31)17-26/h4-15,17,21,27H,16,18-20H2,1-3H3,(H,32,36). The summed E-state index contributed by atoms with van der Waals surface area (Å²) in [4.78, 5) is 29.1. The summed E-state index contributed by atoms with van der Waals surface area (Å²) in [6.45, 7) is 4.13. The molecule has 0 radical (unpaired) electrons. The van der Waals surface area contributed by atoms with Gasteiger partial charge in [0.25, 0.3) is 0 Å². The van der Waals surface area contributed by atoms with E-state index in [2.05, 4.69) is 37.2 Å². The minimum absolute atomic E-state index is 0.126. The number of amides is 2. The fraction of sp³-hybridized carbons (Fsp3) is 0.310. The predicted octanol–water partition coefficient (Wildman–Crippen LogP) is 5.39. The van der Waals surface area contributed by atoms with Crippen molar-refractivity contribution in [2.75, 3.05) is 23.7 Å². The SMILES string of the molecule is CC(C)CNC(=O)C(Cc1ccccc1)N(Cc1cccc(Br)c1)C(=O)CN(c1cccc(Br)c1)S(C)(=O)=O. The smallest absolute Gasteiger partial charge is 0.244 e. The first kappa shape index (κ1) is 30.8. The zero-order chi connectivity index (χ0) is 28.6. The van der Waals surface area contributed by atoms with Gasteiger partial charge in [-0.05, 0) is 47.4 Å². The summed E-state index contributed by atoms with van der Waals surface area (Å²) >= 11 is 6.86. The van der Waals surface area contributed by atoms with Gasteiger partial charge in [-0.1, -0.05) is 94.2 Å². The van der Waals surface area contributed by atoms with Crippen molar-refractivity contribution >= 4 is 59.4 Å². The maximum atomic E-state index is 14.0. The lowest BCUT2D eigenvalue weighted by Crippen LogP contribution is -2.53. The van der Waals surface area contributed by atoms with Crippen LogP contribution in [0.15, 0.2) is 87.8 Å². The normalized spacial score (nSPS) is 12.2. The van der Waals surface area contributed by atoms with E-state index in [1.807, 2.05) is 68.4 Å². The van der Waals surface area contributed by atoms with Crippen molar-refractivity contribution < 1.29 is 18.0 Å². The molecule has 0 aliphatic carbocycles. The molecule has 10 heteroatoms. The Morgan fingerprint density at radius 1 is 0.872 bits per heavy atom. The molecule has 0 aliphatic heterocycles. The summed E-state index contributed by atoms with van der Waals surface area (Å²) < 4.78 is 28.2. The number of nitrogens with zero attached hydrogens (tertiary/aromatic N) is 2. The second kappa shape index (κ2) is 14.1. The number of hydrogen-bond acceptors (Lipinski definition) is 4. The van der Waals surface area contributed by atoms with E-state index in [0.29, 0.717) is 16.7 Å². The van der Waals surface area contributed by atoms with Crippen molar-refractivity contribution in [2.24, 2.45) is 5.92 Å². The Balaban J connectivity index is 2.05. The highest BCUT2D eigenvalue weighted by atomic mass is 79.9. The minimum Gasteiger partial charge on any atom is -0.354 e. The van der Waals surface area contributed by atoms with E-state index in [-0.39, 0.29) is 24.8 Å². The number of rotatable bonds is 12. The number of sulfonamides is 1. The van der Waals surface area contributed by atoms with Gasteiger partial charge < -0.3 is 10.2 Å². The van der Waals surface area contributed by atoms with Gasteiger partial charge in [0.05, 0.1) is 11.9 Å². The molecular formula is C29H33Br2N3O4S. The summed E-state index contributed by atoms with van der Waals surface area (Å²) in [5, 5.41) is 2.98. The second-order valence-corrected chi connectivity index (χ2v) is 13.5. The van der Waals surface area contributed by atoms with E-state index in [9.17, 15) is 18.0 Å². The molecule has 3 rings (SSSR count). The van der Waals surface area contributed by atoms with Crippen molar-refractivity contribution in [3.05, 3.63) is 98.9 Å². The largest absolute Gasteiger partial charge is 0.354 e. The summed E-state index contributed by atoms with van der Waals surface area (Å²) in [6, 6.07) is 22.9. The van der Waals surface area contributed by atoms with Gasteiger partial charge in [0.2, 0.25) is 21.8 Å². The molecule has 0 fully saturated rings. The van der Waals surface area contributed by atoms with Crippen LogP contribution < -0.4 is 9.62 Å². The van der Waals surface area contributed by atoms with Gasteiger partial charge in [-0.2, -0.15) is 0 Å². The molecule has 0 aromatic heterocycles. The van der Waals surface area contributed by atoms with E-state index >= 15 is 0 Å². The third kappa shape index (κ3) is 9.47. The predicted molar refractivity (Wildman–Crippen MR) is 163 cm³/mol. The molecule has 1 unspecified atom stereocenters. The number of benzene rings is 3. The van der Waals surface area contributed by atoms with E-state index in [4.69, 9.17) is 0 Å². The molecule has 1 atom stereocenters. The number of carbonyl (C=O) groups is 2. The zero-order valence-electron chi connectivity index (χ0n) is 22.2. The maximum absolute atomic E-state index is 14.0. The summed E-state index contributed by atoms with van der Waals surface area (Å²) in [7, 11) is -3.81. The molecule has 2 amide bonds. The molecule has 3 aromatic carbocycles. The minimum atomic E-state index is -3.81. The van der Waals surface area contributed by atoms with Crippen molar-refractivity contribution in [3.8, 4) is 0 Å². The summed E-state index contributed by atoms with van der Waals surface area (Å²) in [5.41, 5.74) is 2.05. The fourth-order valence-electron chi connectivity index (χ4n) is 4.05. The van der Waals surface area contributed by atoms with Crippen molar-refractivity contribution in [1.82, 2.24) is 10.2 Å². The Labute approximate surface area is 247 Å². The second-order valence-electron chi connectivity index (χ2n) is 9.75. The first-order valence-electron chi connectivity index (χ1n) is 12.5. The van der Waals surface area contributed by atoms with Crippen molar-refractivity contribution in [3.63, 3.8) is 0 Å². The van der Waals surface area contributed by atoms with Gasteiger partial charge in [0.15, 0.2) is 0 Å². The van der Waals surface area contributed by atoms with E-state index < -0.39 is 28.5 Å². The molecular weight excluding hydrogens is 646 g/mol. The zero-order valence-corrected chi connectivity index (χ0v) is 26.2. The molecule has 208 valence electrons. The van der Waals surface area contributed by atoms with E-state index in [0.717, 1.165) is 26.2 Å². The van der Waals surface area contributed by atoms with Gasteiger partial charge in [-0.3, -0.25) is 13.9 Å². The summed E-state index contributed by atoms with van der Waals surface area (Å²) in [6.07, 6.45) is 1.34. The Morgan fingerprint density at radius 2 is 1.49 bits per heavy atom. The molecule has 7 nitrogen and oxygen atoms in total. The van der Waals surface area contributed by atoms with E-state index in [1.54, 1.807) is 24.3 Å². The quantitative estimate of drug-likeness (QED) is 0.278. The highest BCUT2D eigenvalue weighted by molar-refractivity contribution is 9.10. The molecule has 0 saturated carbocycles. The average molecular weight is 679 g/mol. The number of hydrogen-bond donors (Lipinski definition) is 1. The highest BCUT2D eigenvalue weighted by Gasteiger charge is 2.33. The molecule has 1 N–H and O–H groups in total. The third-order valence-corrected chi connectivity index (χ3v) is 8.10. The molecule has 39 heavy (non-hydrogen) atoms. The number of nitrogens with one attached hydrogen (secondary N) is 1. The highest BCUT2D eigenvalue weighted by Crippen LogP contribution is 2.24. The molecule has 0 heterocycles. The van der Waals surface area contributed by atoms with Crippen LogP contribution in [0.5, 0.6) is 0 Å². The van der Waals surface area contributed by atoms with Gasteiger partial charge in [0, 0.05) is 28.5 Å². The van der Waals surface area contributed by atoms with Crippen LogP contribution in [0, 0.1) is 5.92 Å². The lowest BCUT2D eigenvalue weighted by Gasteiger charge is -2.33. The van der Waals surface area contributed by atoms with Crippen LogP contribution >= 0.6 is 31.9 Å². The van der Waals surface area contributed by atoms with Gasteiger partial charge in [0.1, 0.15) is 12.6 Å². The van der Waals surface area contributed by atoms with Crippen LogP contribution in [0.2, 0.25) is 0 Å². The van der Waals surface area contributed by atoms with Crippen LogP contribution in [0.1, 0.15) is 25.0 Å². The van der Waals surface area contributed by atoms with Gasteiger partial charge >= 0.3 is 0 Å². The van der Waals surface area contributed by atoms with Crippen molar-refractivity contribution in [2.45, 2.75) is 32.9 Å². The Kier molecular flexibility index (Phi) is 11.1. The van der Waals surface area contributed by atoms with Gasteiger partial charge in [-0.25, -0.2) is 8.42 Å². The lowest BCUT2D eigenvalue weighted by atomic mass is 10.0. The topological polar surface area (TPSA) is 86.8 Å². The number of halogens is 2. The molecule has 0 bridgehead atoms. The monoisotopic (exact) mass is 677 g/mol. The Hall–Kier alpha value is -2.69. The van der Waals surface area contributed by atoms with Crippen LogP contribution in [0.4, 0.5) is 5.69 Å². The maximum Gasteiger partial charge on any atom is 0.244 e. The number of anilines is 1. The third-order valence-electron chi connectivity index (χ3n) is 5.97. The average Bonchev–Trinajstić information content (AvgIpc) is 2.87. The number of carbonyl (C=O) groups excluding carboxylic acids is 2. The van der Waals surface area contributed by atoms with Crippen LogP contribution in [-0.2, 0) is 32.6 Å². The molecule has 0 saturated heterocycles. The fourth-order valence-corrected chi connectivity index (χ4v) is 5.73. The molecule has 3 aromatic rings. The molecule has 0 spiro atoms. The van der Waals surface area contributed by atoms with Crippen molar-refractivity contribution in [1.29, 1.82) is 0 Å². The molecule has 0 aliphatic rings. The first-order chi connectivity index (χ1) is 18.4. The summed E-state index contributed by atoms with van der Waals surface area (Å²) in [5.74, 6) is -0.553. The Bertz CT molecular complexity index is 1380. The van der Waals surface area contributed by atoms with Crippen LogP contribution in [0.25, 0.3) is 0 Å². The van der Waals surface area contributed by atoms with Crippen LogP contribution in [-0.4, -0.2) is 50.5 Å². The lowest BCUT2D eigenvalue weighted by molar-refractivity contribution is -0.140. The Morgan fingerprint density at radius 3 is 2.08 bits per heavy atom.